The monoisotopic (exact) mass is 405 g/mol. The number of piperazine rings is 1. The molecular formula is C20H24FN3O3S. The summed E-state index contributed by atoms with van der Waals surface area (Å²) in [6.45, 7) is 6.06. The second-order valence-corrected chi connectivity index (χ2v) is 9.21. The van der Waals surface area contributed by atoms with Crippen LogP contribution in [0.15, 0.2) is 41.3 Å². The van der Waals surface area contributed by atoms with Gasteiger partial charge in [-0.25, -0.2) is 12.8 Å². The molecule has 3 aliphatic heterocycles. The highest BCUT2D eigenvalue weighted by Crippen LogP contribution is 2.38. The van der Waals surface area contributed by atoms with Crippen LogP contribution in [0.1, 0.15) is 24.7 Å². The van der Waals surface area contributed by atoms with Gasteiger partial charge in [0.25, 0.3) is 0 Å². The number of hydrogen-bond donors (Lipinski definition) is 0. The lowest BCUT2D eigenvalue weighted by Gasteiger charge is -2.55. The van der Waals surface area contributed by atoms with Crippen LogP contribution in [-0.4, -0.2) is 54.4 Å². The first-order chi connectivity index (χ1) is 13.4. The smallest absolute Gasteiger partial charge is 0.243 e. The number of aryl methyl sites for hydroxylation is 1. The molecule has 28 heavy (non-hydrogen) atoms. The molecule has 0 aliphatic carbocycles. The second kappa shape index (κ2) is 7.42. The minimum absolute atomic E-state index is 0.0167. The summed E-state index contributed by atoms with van der Waals surface area (Å²) in [5, 5.41) is 0. The van der Waals surface area contributed by atoms with E-state index in [0.717, 1.165) is 23.9 Å². The van der Waals surface area contributed by atoms with E-state index >= 15 is 0 Å². The molecule has 4 heterocycles. The van der Waals surface area contributed by atoms with Crippen LogP contribution in [0.25, 0.3) is 0 Å². The van der Waals surface area contributed by atoms with Gasteiger partial charge in [-0.05, 0) is 50.6 Å². The second-order valence-electron chi connectivity index (χ2n) is 7.37. The molecule has 6 nitrogen and oxygen atoms in total. The van der Waals surface area contributed by atoms with E-state index in [0.29, 0.717) is 26.2 Å². The molecule has 0 spiro atoms. The number of halogens is 1. The van der Waals surface area contributed by atoms with Crippen LogP contribution in [0.5, 0.6) is 5.75 Å². The first kappa shape index (κ1) is 19.3. The van der Waals surface area contributed by atoms with Crippen molar-refractivity contribution < 1.29 is 17.5 Å². The highest BCUT2D eigenvalue weighted by molar-refractivity contribution is 7.89. The first-order valence-electron chi connectivity index (χ1n) is 9.49. The van der Waals surface area contributed by atoms with Crippen molar-refractivity contribution in [2.45, 2.75) is 43.8 Å². The number of nitrogens with zero attached hydrogens (tertiary/aromatic N) is 3. The standard InChI is InChI=1S/C20H24FN3O3S/c1-3-27-20-8-7-18(10-19(20)21)28(25,26)24-16-9-17(24)13-23(12-16)11-15-6-4-5-14(2)22-15/h4-8,10,16-17H,3,9,11-13H2,1-2H3. The van der Waals surface area contributed by atoms with Crippen LogP contribution < -0.4 is 4.74 Å². The molecule has 2 unspecified atom stereocenters. The fraction of sp³-hybridized carbons (Fsp3) is 0.450. The summed E-state index contributed by atoms with van der Waals surface area (Å²) in [6.07, 6.45) is 0.844. The average Bonchev–Trinajstić information content (AvgIpc) is 2.63. The maximum Gasteiger partial charge on any atom is 0.243 e. The summed E-state index contributed by atoms with van der Waals surface area (Å²) in [6, 6.07) is 9.64. The SMILES string of the molecule is CCOc1ccc(S(=O)(=O)N2C3CC2CN(Cc2cccc(C)n2)C3)cc1F. The summed E-state index contributed by atoms with van der Waals surface area (Å²) in [5.74, 6) is -0.581. The van der Waals surface area contributed by atoms with E-state index in [4.69, 9.17) is 4.74 Å². The number of aromatic nitrogens is 1. The molecule has 3 saturated heterocycles. The Hall–Kier alpha value is -2.03. The van der Waals surface area contributed by atoms with Gasteiger partial charge in [0.15, 0.2) is 11.6 Å². The van der Waals surface area contributed by atoms with Crippen LogP contribution in [0.2, 0.25) is 0 Å². The average molecular weight is 405 g/mol. The highest BCUT2D eigenvalue weighted by atomic mass is 32.2. The molecule has 1 aromatic heterocycles. The number of benzene rings is 1. The third kappa shape index (κ3) is 3.52. The van der Waals surface area contributed by atoms with Gasteiger partial charge in [-0.3, -0.25) is 9.88 Å². The van der Waals surface area contributed by atoms with Crippen LogP contribution in [0.4, 0.5) is 4.39 Å². The van der Waals surface area contributed by atoms with E-state index < -0.39 is 15.8 Å². The molecule has 3 aliphatic rings. The molecule has 2 bridgehead atoms. The van der Waals surface area contributed by atoms with Crippen molar-refractivity contribution in [3.05, 3.63) is 53.6 Å². The maximum absolute atomic E-state index is 14.2. The van der Waals surface area contributed by atoms with Crippen LogP contribution >= 0.6 is 0 Å². The highest BCUT2D eigenvalue weighted by Gasteiger charge is 2.51. The minimum atomic E-state index is -3.72. The third-order valence-corrected chi connectivity index (χ3v) is 7.31. The summed E-state index contributed by atoms with van der Waals surface area (Å²) in [5.41, 5.74) is 1.96. The summed E-state index contributed by atoms with van der Waals surface area (Å²) >= 11 is 0. The molecule has 8 heteroatoms. The van der Waals surface area contributed by atoms with E-state index in [2.05, 4.69) is 9.88 Å². The van der Waals surface area contributed by atoms with E-state index in [-0.39, 0.29) is 22.7 Å². The number of fused-ring (bicyclic) bond motifs is 2. The molecule has 3 fully saturated rings. The Kier molecular flexibility index (Phi) is 5.11. The molecule has 0 N–H and O–H groups in total. The van der Waals surface area contributed by atoms with E-state index in [1.807, 2.05) is 25.1 Å². The third-order valence-electron chi connectivity index (χ3n) is 5.31. The first-order valence-corrected chi connectivity index (χ1v) is 10.9. The number of pyridine rings is 1. The molecule has 0 radical (unpaired) electrons. The zero-order valence-electron chi connectivity index (χ0n) is 16.0. The quantitative estimate of drug-likeness (QED) is 0.739. The van der Waals surface area contributed by atoms with E-state index in [1.165, 1.54) is 12.1 Å². The Bertz CT molecular complexity index is 970. The Balaban J connectivity index is 1.47. The predicted molar refractivity (Wildman–Crippen MR) is 103 cm³/mol. The van der Waals surface area contributed by atoms with Gasteiger partial charge >= 0.3 is 0 Å². The van der Waals surface area contributed by atoms with Gasteiger partial charge in [0, 0.05) is 37.4 Å². The van der Waals surface area contributed by atoms with Crippen molar-refractivity contribution >= 4 is 10.0 Å². The lowest BCUT2D eigenvalue weighted by atomic mass is 9.91. The molecule has 2 aromatic rings. The number of ether oxygens (including phenoxy) is 1. The van der Waals surface area contributed by atoms with Gasteiger partial charge in [0.05, 0.1) is 17.2 Å². The minimum Gasteiger partial charge on any atom is -0.491 e. The molecular weight excluding hydrogens is 381 g/mol. The van der Waals surface area contributed by atoms with Gasteiger partial charge < -0.3 is 4.74 Å². The van der Waals surface area contributed by atoms with Crippen molar-refractivity contribution in [3.63, 3.8) is 0 Å². The van der Waals surface area contributed by atoms with Crippen molar-refractivity contribution in [3.8, 4) is 5.75 Å². The number of piperidine rings is 1. The molecule has 0 saturated carbocycles. The van der Waals surface area contributed by atoms with Crippen molar-refractivity contribution in [1.29, 1.82) is 0 Å². The fourth-order valence-corrected chi connectivity index (χ4v) is 5.96. The zero-order chi connectivity index (χ0) is 19.9. The number of sulfonamides is 1. The topological polar surface area (TPSA) is 62.7 Å². The zero-order valence-corrected chi connectivity index (χ0v) is 16.8. The van der Waals surface area contributed by atoms with Crippen molar-refractivity contribution in [1.82, 2.24) is 14.2 Å². The fourth-order valence-electron chi connectivity index (χ4n) is 4.14. The molecule has 1 aromatic carbocycles. The van der Waals surface area contributed by atoms with Gasteiger partial charge in [0.1, 0.15) is 0 Å². The largest absolute Gasteiger partial charge is 0.491 e. The normalized spacial score (nSPS) is 22.7. The summed E-state index contributed by atoms with van der Waals surface area (Å²) in [7, 11) is -3.72. The van der Waals surface area contributed by atoms with Crippen molar-refractivity contribution in [2.24, 2.45) is 0 Å². The maximum atomic E-state index is 14.2. The van der Waals surface area contributed by atoms with E-state index in [1.54, 1.807) is 11.2 Å². The number of rotatable bonds is 6. The van der Waals surface area contributed by atoms with E-state index in [9.17, 15) is 12.8 Å². The number of hydrogen-bond acceptors (Lipinski definition) is 5. The Morgan fingerprint density at radius 1 is 1.21 bits per heavy atom. The van der Waals surface area contributed by atoms with Gasteiger partial charge in [-0.2, -0.15) is 4.31 Å². The summed E-state index contributed by atoms with van der Waals surface area (Å²) in [4.78, 5) is 6.75. The molecule has 2 atom stereocenters. The molecule has 5 rings (SSSR count). The Morgan fingerprint density at radius 3 is 2.61 bits per heavy atom. The Morgan fingerprint density at radius 2 is 1.96 bits per heavy atom. The lowest BCUT2D eigenvalue weighted by Crippen LogP contribution is -2.69. The molecule has 150 valence electrons. The predicted octanol–water partition coefficient (Wildman–Crippen LogP) is 2.58. The summed E-state index contributed by atoms with van der Waals surface area (Å²) < 4.78 is 47.0. The lowest BCUT2D eigenvalue weighted by molar-refractivity contribution is -0.0109. The van der Waals surface area contributed by atoms with Crippen LogP contribution in [-0.2, 0) is 16.6 Å². The van der Waals surface area contributed by atoms with Gasteiger partial charge in [0.2, 0.25) is 10.0 Å². The van der Waals surface area contributed by atoms with Crippen LogP contribution in [0, 0.1) is 12.7 Å². The van der Waals surface area contributed by atoms with Gasteiger partial charge in [-0.15, -0.1) is 0 Å². The van der Waals surface area contributed by atoms with Crippen molar-refractivity contribution in [2.75, 3.05) is 19.7 Å². The van der Waals surface area contributed by atoms with Crippen LogP contribution in [0.3, 0.4) is 0 Å². The Labute approximate surface area is 165 Å². The molecule has 0 amide bonds. The van der Waals surface area contributed by atoms with Gasteiger partial charge in [-0.1, -0.05) is 6.07 Å².